The summed E-state index contributed by atoms with van der Waals surface area (Å²) < 4.78 is 5.37. The molecule has 2 bridgehead atoms. The molecule has 2 aliphatic carbocycles. The molecular weight excluding hydrogens is 380 g/mol. The van der Waals surface area contributed by atoms with Crippen LogP contribution in [0, 0.1) is 23.7 Å². The van der Waals surface area contributed by atoms with Gasteiger partial charge in [0.15, 0.2) is 0 Å². The molecule has 0 N–H and O–H groups in total. The van der Waals surface area contributed by atoms with Gasteiger partial charge in [-0.25, -0.2) is 0 Å². The molecule has 30 heavy (non-hydrogen) atoms. The second-order valence-electron chi connectivity index (χ2n) is 8.98. The second kappa shape index (κ2) is 7.56. The first kappa shape index (κ1) is 19.3. The van der Waals surface area contributed by atoms with E-state index < -0.39 is 6.04 Å². The lowest BCUT2D eigenvalue weighted by Gasteiger charge is -2.32. The lowest BCUT2D eigenvalue weighted by Crippen LogP contribution is -2.41. The summed E-state index contributed by atoms with van der Waals surface area (Å²) in [6.07, 6.45) is 8.39. The summed E-state index contributed by atoms with van der Waals surface area (Å²) in [5.74, 6) is 0.249. The average molecular weight is 408 g/mol. The molecule has 1 saturated carbocycles. The molecule has 5 unspecified atom stereocenters. The highest BCUT2D eigenvalue weighted by atomic mass is 16.5. The average Bonchev–Trinajstić information content (AvgIpc) is 3.47. The number of allylic oxidation sites excluding steroid dienone is 2. The fraction of sp³-hybridized carbons (Fsp3) is 0.542. The van der Waals surface area contributed by atoms with E-state index in [1.165, 1.54) is 4.90 Å². The predicted molar refractivity (Wildman–Crippen MR) is 110 cm³/mol. The zero-order valence-corrected chi connectivity index (χ0v) is 17.3. The summed E-state index contributed by atoms with van der Waals surface area (Å²) in [5.41, 5.74) is 0.779. The highest BCUT2D eigenvalue weighted by Crippen LogP contribution is 2.54. The van der Waals surface area contributed by atoms with Crippen molar-refractivity contribution >= 4 is 17.7 Å². The van der Waals surface area contributed by atoms with Crippen LogP contribution in [0.4, 0.5) is 0 Å². The van der Waals surface area contributed by atoms with Crippen molar-refractivity contribution in [3.8, 4) is 5.75 Å². The molecule has 1 aromatic carbocycles. The number of carbonyl (C=O) groups excluding carboxylic acids is 3. The van der Waals surface area contributed by atoms with Crippen LogP contribution >= 0.6 is 0 Å². The minimum absolute atomic E-state index is 0.0151. The Morgan fingerprint density at radius 2 is 1.73 bits per heavy atom. The first-order valence-electron chi connectivity index (χ1n) is 11.1. The first-order valence-corrected chi connectivity index (χ1v) is 11.1. The normalized spacial score (nSPS) is 30.7. The van der Waals surface area contributed by atoms with Crippen LogP contribution < -0.4 is 4.74 Å². The summed E-state index contributed by atoms with van der Waals surface area (Å²) in [4.78, 5) is 43.3. The lowest BCUT2D eigenvalue weighted by atomic mass is 9.85. The van der Waals surface area contributed by atoms with Gasteiger partial charge in [0.05, 0.1) is 31.4 Å². The van der Waals surface area contributed by atoms with E-state index >= 15 is 0 Å². The van der Waals surface area contributed by atoms with Crippen LogP contribution in [0.2, 0.25) is 0 Å². The smallest absolute Gasteiger partial charge is 0.234 e. The Morgan fingerprint density at radius 3 is 2.37 bits per heavy atom. The minimum Gasteiger partial charge on any atom is -0.497 e. The molecule has 6 heteroatoms. The van der Waals surface area contributed by atoms with Crippen LogP contribution in [0.3, 0.4) is 0 Å². The maximum atomic E-state index is 13.4. The Balaban J connectivity index is 1.47. The van der Waals surface area contributed by atoms with Gasteiger partial charge in [0, 0.05) is 13.1 Å². The number of benzene rings is 1. The van der Waals surface area contributed by atoms with Gasteiger partial charge in [0.2, 0.25) is 17.7 Å². The largest absolute Gasteiger partial charge is 0.497 e. The molecule has 6 nitrogen and oxygen atoms in total. The third-order valence-electron chi connectivity index (χ3n) is 7.37. The number of nitrogens with zero attached hydrogens (tertiary/aromatic N) is 2. The van der Waals surface area contributed by atoms with Crippen molar-refractivity contribution in [3.05, 3.63) is 42.0 Å². The highest BCUT2D eigenvalue weighted by molar-refractivity contribution is 6.07. The number of rotatable bonds is 5. The van der Waals surface area contributed by atoms with Crippen molar-refractivity contribution < 1.29 is 19.1 Å². The van der Waals surface area contributed by atoms with E-state index in [1.807, 2.05) is 29.2 Å². The number of methoxy groups -OCH3 is 1. The van der Waals surface area contributed by atoms with Crippen LogP contribution in [0.25, 0.3) is 0 Å². The van der Waals surface area contributed by atoms with E-state index in [4.69, 9.17) is 4.74 Å². The van der Waals surface area contributed by atoms with Crippen LogP contribution in [0.5, 0.6) is 5.75 Å². The Bertz CT molecular complexity index is 874. The summed E-state index contributed by atoms with van der Waals surface area (Å²) in [6.45, 7) is 1.51. The van der Waals surface area contributed by atoms with Gasteiger partial charge in [-0.15, -0.1) is 0 Å². The Kier molecular flexibility index (Phi) is 4.88. The summed E-state index contributed by atoms with van der Waals surface area (Å²) in [6, 6.07) is 6.83. The summed E-state index contributed by atoms with van der Waals surface area (Å²) >= 11 is 0. The van der Waals surface area contributed by atoms with Crippen molar-refractivity contribution in [2.45, 2.75) is 38.1 Å². The quantitative estimate of drug-likeness (QED) is 0.555. The van der Waals surface area contributed by atoms with Crippen molar-refractivity contribution in [2.75, 3.05) is 20.2 Å². The molecule has 2 heterocycles. The minimum atomic E-state index is -0.584. The number of carbonyl (C=O) groups is 3. The number of fused-ring (bicyclic) bond motifs is 5. The molecule has 1 aromatic rings. The first-order chi connectivity index (χ1) is 14.6. The molecular formula is C24H28N2O4. The third kappa shape index (κ3) is 3.04. The van der Waals surface area contributed by atoms with E-state index in [2.05, 4.69) is 12.2 Å². The van der Waals surface area contributed by atoms with Gasteiger partial charge in [0.25, 0.3) is 0 Å². The van der Waals surface area contributed by atoms with E-state index in [9.17, 15) is 14.4 Å². The zero-order valence-electron chi connectivity index (χ0n) is 17.3. The predicted octanol–water partition coefficient (Wildman–Crippen LogP) is 2.95. The lowest BCUT2D eigenvalue weighted by molar-refractivity contribution is -0.145. The van der Waals surface area contributed by atoms with Crippen LogP contribution in [0.1, 0.15) is 43.7 Å². The molecule has 5 atom stereocenters. The van der Waals surface area contributed by atoms with Crippen molar-refractivity contribution in [3.63, 3.8) is 0 Å². The Labute approximate surface area is 176 Å². The number of hydrogen-bond acceptors (Lipinski definition) is 4. The van der Waals surface area contributed by atoms with Crippen molar-refractivity contribution in [1.82, 2.24) is 9.80 Å². The molecule has 5 rings (SSSR count). The van der Waals surface area contributed by atoms with E-state index in [1.54, 1.807) is 7.11 Å². The van der Waals surface area contributed by atoms with Crippen molar-refractivity contribution in [2.24, 2.45) is 23.7 Å². The molecule has 4 aliphatic rings. The zero-order chi connectivity index (χ0) is 20.8. The highest BCUT2D eigenvalue weighted by Gasteiger charge is 2.60. The van der Waals surface area contributed by atoms with Gasteiger partial charge < -0.3 is 9.64 Å². The van der Waals surface area contributed by atoms with Crippen LogP contribution in [0.15, 0.2) is 36.4 Å². The van der Waals surface area contributed by atoms with E-state index in [0.29, 0.717) is 5.75 Å². The number of ether oxygens (including phenoxy) is 1. The van der Waals surface area contributed by atoms with E-state index in [0.717, 1.165) is 44.3 Å². The molecule has 3 amide bonds. The molecule has 0 spiro atoms. The summed E-state index contributed by atoms with van der Waals surface area (Å²) in [7, 11) is 1.59. The number of hydrogen-bond donors (Lipinski definition) is 0. The van der Waals surface area contributed by atoms with E-state index in [-0.39, 0.29) is 47.8 Å². The molecule has 3 fully saturated rings. The van der Waals surface area contributed by atoms with Gasteiger partial charge in [-0.3, -0.25) is 19.3 Å². The van der Waals surface area contributed by atoms with Gasteiger partial charge in [-0.2, -0.15) is 0 Å². The molecule has 158 valence electrons. The van der Waals surface area contributed by atoms with Gasteiger partial charge in [0.1, 0.15) is 5.75 Å². The topological polar surface area (TPSA) is 66.9 Å². The molecule has 0 radical (unpaired) electrons. The maximum Gasteiger partial charge on any atom is 0.234 e. The SMILES string of the molecule is COc1cccc(C(CC(=O)N2CCCCC2)N2C(=O)C3C4C=CC(C4)C3C2=O)c1. The monoisotopic (exact) mass is 408 g/mol. The van der Waals surface area contributed by atoms with Gasteiger partial charge in [-0.1, -0.05) is 24.3 Å². The van der Waals surface area contributed by atoms with Crippen LogP contribution in [-0.2, 0) is 14.4 Å². The second-order valence-corrected chi connectivity index (χ2v) is 8.98. The number of amides is 3. The van der Waals surface area contributed by atoms with Gasteiger partial charge in [-0.05, 0) is 55.2 Å². The standard InChI is InChI=1S/C24H28N2O4/c1-30-18-7-5-6-15(13-18)19(14-20(27)25-10-3-2-4-11-25)26-23(28)21-16-8-9-17(12-16)22(21)24(26)29/h5-9,13,16-17,19,21-22H,2-4,10-12,14H2,1H3. The Hall–Kier alpha value is -2.63. The molecule has 0 aromatic heterocycles. The Morgan fingerprint density at radius 1 is 1.07 bits per heavy atom. The molecule has 2 aliphatic heterocycles. The van der Waals surface area contributed by atoms with Crippen LogP contribution in [-0.4, -0.2) is 47.7 Å². The third-order valence-corrected chi connectivity index (χ3v) is 7.37. The summed E-state index contributed by atoms with van der Waals surface area (Å²) in [5, 5.41) is 0. The number of imide groups is 1. The van der Waals surface area contributed by atoms with Crippen molar-refractivity contribution in [1.29, 1.82) is 0 Å². The fourth-order valence-electron chi connectivity index (χ4n) is 5.88. The molecule has 2 saturated heterocycles. The number of likely N-dealkylation sites (tertiary alicyclic amines) is 2. The fourth-order valence-corrected chi connectivity index (χ4v) is 5.88. The maximum absolute atomic E-state index is 13.4. The number of piperidine rings is 1. The van der Waals surface area contributed by atoms with Gasteiger partial charge >= 0.3 is 0 Å².